The first kappa shape index (κ1) is 13.2. The van der Waals surface area contributed by atoms with Gasteiger partial charge in [0.25, 0.3) is 0 Å². The van der Waals surface area contributed by atoms with Crippen molar-refractivity contribution in [3.8, 4) is 0 Å². The molecule has 0 fully saturated rings. The van der Waals surface area contributed by atoms with Crippen molar-refractivity contribution in [3.05, 3.63) is 33.8 Å². The Labute approximate surface area is 105 Å². The molecule has 1 unspecified atom stereocenters. The number of hydrogen-bond donors (Lipinski definition) is 1. The Morgan fingerprint density at radius 2 is 1.93 bits per heavy atom. The van der Waals surface area contributed by atoms with Crippen molar-refractivity contribution in [2.24, 2.45) is 5.92 Å². The molecule has 1 atom stereocenters. The van der Waals surface area contributed by atoms with Gasteiger partial charge in [-0.15, -0.1) is 0 Å². The summed E-state index contributed by atoms with van der Waals surface area (Å²) < 4.78 is 0. The zero-order valence-electron chi connectivity index (χ0n) is 8.54. The normalized spacial score (nSPS) is 12.8. The van der Waals surface area contributed by atoms with Crippen molar-refractivity contribution in [2.75, 3.05) is 12.4 Å². The number of benzene rings is 1. The third-order valence-corrected chi connectivity index (χ3v) is 4.03. The summed E-state index contributed by atoms with van der Waals surface area (Å²) in [6.07, 6.45) is 0. The molecule has 1 N–H and O–H groups in total. The molecule has 4 heteroatoms. The number of rotatable bonds is 5. The van der Waals surface area contributed by atoms with E-state index in [1.54, 1.807) is 11.8 Å². The summed E-state index contributed by atoms with van der Waals surface area (Å²) in [7, 11) is 0. The third kappa shape index (κ3) is 4.23. The lowest BCUT2D eigenvalue weighted by Crippen LogP contribution is -2.03. The zero-order chi connectivity index (χ0) is 11.3. The number of hydrogen-bond acceptors (Lipinski definition) is 2. The van der Waals surface area contributed by atoms with Crippen molar-refractivity contribution < 1.29 is 5.11 Å². The van der Waals surface area contributed by atoms with Crippen molar-refractivity contribution in [1.82, 2.24) is 0 Å². The second-order valence-corrected chi connectivity index (χ2v) is 5.35. The van der Waals surface area contributed by atoms with E-state index in [2.05, 4.69) is 0 Å². The molecule has 0 aliphatic carbocycles. The van der Waals surface area contributed by atoms with Crippen LogP contribution in [-0.2, 0) is 5.75 Å². The van der Waals surface area contributed by atoms with Gasteiger partial charge >= 0.3 is 0 Å². The lowest BCUT2D eigenvalue weighted by atomic mass is 10.2. The summed E-state index contributed by atoms with van der Waals surface area (Å²) in [6.45, 7) is 2.24. The molecule has 1 nitrogen and oxygen atoms in total. The molecular weight excluding hydrogens is 251 g/mol. The molecule has 1 rings (SSSR count). The van der Waals surface area contributed by atoms with Gasteiger partial charge < -0.3 is 5.11 Å². The summed E-state index contributed by atoms with van der Waals surface area (Å²) >= 11 is 13.8. The topological polar surface area (TPSA) is 20.2 Å². The molecule has 15 heavy (non-hydrogen) atoms. The zero-order valence-corrected chi connectivity index (χ0v) is 10.9. The summed E-state index contributed by atoms with van der Waals surface area (Å²) in [6, 6.07) is 5.53. The molecule has 0 spiro atoms. The average Bonchev–Trinajstić information content (AvgIpc) is 2.22. The molecule has 0 aromatic heterocycles. The van der Waals surface area contributed by atoms with Crippen LogP contribution in [0.1, 0.15) is 12.5 Å². The van der Waals surface area contributed by atoms with E-state index in [4.69, 9.17) is 28.3 Å². The maximum absolute atomic E-state index is 8.88. The lowest BCUT2D eigenvalue weighted by Gasteiger charge is -2.09. The molecule has 0 bridgehead atoms. The summed E-state index contributed by atoms with van der Waals surface area (Å²) in [4.78, 5) is 0. The SMILES string of the molecule is CC(CO)CSCc1c(Cl)cccc1Cl. The molecule has 0 saturated heterocycles. The number of aliphatic hydroxyl groups is 1. The maximum atomic E-state index is 8.88. The maximum Gasteiger partial charge on any atom is 0.0464 e. The van der Waals surface area contributed by atoms with Crippen molar-refractivity contribution >= 4 is 35.0 Å². The van der Waals surface area contributed by atoms with Gasteiger partial charge in [-0.25, -0.2) is 0 Å². The van der Waals surface area contributed by atoms with Crippen LogP contribution in [0.5, 0.6) is 0 Å². The van der Waals surface area contributed by atoms with Crippen LogP contribution in [0.4, 0.5) is 0 Å². The highest BCUT2D eigenvalue weighted by atomic mass is 35.5. The summed E-state index contributed by atoms with van der Waals surface area (Å²) in [5, 5.41) is 10.3. The fourth-order valence-electron chi connectivity index (χ4n) is 1.09. The van der Waals surface area contributed by atoms with Crippen LogP contribution < -0.4 is 0 Å². The van der Waals surface area contributed by atoms with E-state index >= 15 is 0 Å². The fourth-order valence-corrected chi connectivity index (χ4v) is 2.92. The van der Waals surface area contributed by atoms with Gasteiger partial charge in [0.05, 0.1) is 0 Å². The largest absolute Gasteiger partial charge is 0.396 e. The van der Waals surface area contributed by atoms with Gasteiger partial charge in [0.15, 0.2) is 0 Å². The number of thioether (sulfide) groups is 1. The molecule has 0 heterocycles. The van der Waals surface area contributed by atoms with Crippen molar-refractivity contribution in [1.29, 1.82) is 0 Å². The lowest BCUT2D eigenvalue weighted by molar-refractivity contribution is 0.250. The predicted octanol–water partition coefficient (Wildman–Crippen LogP) is 3.86. The van der Waals surface area contributed by atoms with Crippen LogP contribution in [0.25, 0.3) is 0 Å². The van der Waals surface area contributed by atoms with Crippen molar-refractivity contribution in [2.45, 2.75) is 12.7 Å². The highest BCUT2D eigenvalue weighted by Crippen LogP contribution is 2.28. The van der Waals surface area contributed by atoms with E-state index in [0.717, 1.165) is 17.1 Å². The van der Waals surface area contributed by atoms with E-state index in [1.165, 1.54) is 0 Å². The molecule has 0 amide bonds. The molecule has 0 saturated carbocycles. The van der Waals surface area contributed by atoms with E-state index in [-0.39, 0.29) is 6.61 Å². The quantitative estimate of drug-likeness (QED) is 0.872. The average molecular weight is 265 g/mol. The Kier molecular flexibility index (Phi) is 5.83. The van der Waals surface area contributed by atoms with Gasteiger partial charge in [-0.2, -0.15) is 11.8 Å². The summed E-state index contributed by atoms with van der Waals surface area (Å²) in [5.74, 6) is 2.03. The monoisotopic (exact) mass is 264 g/mol. The van der Waals surface area contributed by atoms with Gasteiger partial charge in [0.1, 0.15) is 0 Å². The van der Waals surface area contributed by atoms with Crippen LogP contribution in [-0.4, -0.2) is 17.5 Å². The fraction of sp³-hybridized carbons (Fsp3) is 0.455. The van der Waals surface area contributed by atoms with Gasteiger partial charge in [0, 0.05) is 22.4 Å². The Morgan fingerprint density at radius 1 is 1.33 bits per heavy atom. The minimum Gasteiger partial charge on any atom is -0.396 e. The van der Waals surface area contributed by atoms with Gasteiger partial charge in [-0.05, 0) is 29.4 Å². The third-order valence-electron chi connectivity index (χ3n) is 2.02. The Hall–Kier alpha value is 0.110. The summed E-state index contributed by atoms with van der Waals surface area (Å²) in [5.41, 5.74) is 0.982. The Morgan fingerprint density at radius 3 is 2.47 bits per heavy atom. The van der Waals surface area contributed by atoms with Crippen molar-refractivity contribution in [3.63, 3.8) is 0 Å². The highest BCUT2D eigenvalue weighted by Gasteiger charge is 2.06. The Bertz CT molecular complexity index is 297. The van der Waals surface area contributed by atoms with Gasteiger partial charge in [-0.3, -0.25) is 0 Å². The van der Waals surface area contributed by atoms with E-state index in [9.17, 15) is 0 Å². The molecule has 0 radical (unpaired) electrons. The van der Waals surface area contributed by atoms with Crippen LogP contribution in [0.15, 0.2) is 18.2 Å². The minimum absolute atomic E-state index is 0.225. The Balaban J connectivity index is 2.50. The first-order valence-corrected chi connectivity index (χ1v) is 6.67. The molecule has 1 aromatic rings. The second-order valence-electron chi connectivity index (χ2n) is 3.50. The first-order chi connectivity index (χ1) is 7.15. The molecular formula is C11H14Cl2OS. The molecule has 84 valence electrons. The second kappa shape index (κ2) is 6.64. The van der Waals surface area contributed by atoms with Crippen LogP contribution in [0, 0.1) is 5.92 Å². The van der Waals surface area contributed by atoms with E-state index in [0.29, 0.717) is 16.0 Å². The number of halogens is 2. The molecule has 0 aliphatic heterocycles. The smallest absolute Gasteiger partial charge is 0.0464 e. The number of aliphatic hydroxyl groups excluding tert-OH is 1. The van der Waals surface area contributed by atoms with Gasteiger partial charge in [0.2, 0.25) is 0 Å². The molecule has 1 aromatic carbocycles. The van der Waals surface area contributed by atoms with Gasteiger partial charge in [-0.1, -0.05) is 36.2 Å². The van der Waals surface area contributed by atoms with Crippen LogP contribution in [0.2, 0.25) is 10.0 Å². The minimum atomic E-state index is 0.225. The van der Waals surface area contributed by atoms with Crippen LogP contribution >= 0.6 is 35.0 Å². The standard InChI is InChI=1S/C11H14Cl2OS/c1-8(5-14)6-15-7-9-10(12)3-2-4-11(9)13/h2-4,8,14H,5-7H2,1H3. The van der Waals surface area contributed by atoms with E-state index < -0.39 is 0 Å². The predicted molar refractivity (Wildman–Crippen MR) is 68.9 cm³/mol. The van der Waals surface area contributed by atoms with Crippen LogP contribution in [0.3, 0.4) is 0 Å². The highest BCUT2D eigenvalue weighted by molar-refractivity contribution is 7.98. The molecule has 0 aliphatic rings. The van der Waals surface area contributed by atoms with E-state index in [1.807, 2.05) is 25.1 Å². The first-order valence-electron chi connectivity index (χ1n) is 4.76.